The number of nitrogens with two attached hydrogens (primary N) is 1. The summed E-state index contributed by atoms with van der Waals surface area (Å²) >= 11 is 0. The number of anilines is 1. The molecule has 0 unspecified atom stereocenters. The molecule has 3 nitrogen and oxygen atoms in total. The van der Waals surface area contributed by atoms with Crippen molar-refractivity contribution >= 4 is 5.69 Å². The van der Waals surface area contributed by atoms with Crippen molar-refractivity contribution in [1.82, 2.24) is 0 Å². The van der Waals surface area contributed by atoms with E-state index in [-0.39, 0.29) is 11.3 Å². The van der Waals surface area contributed by atoms with Crippen molar-refractivity contribution in [1.29, 1.82) is 5.26 Å². The average molecular weight is 242 g/mol. The highest BCUT2D eigenvalue weighted by Gasteiger charge is 2.10. The van der Waals surface area contributed by atoms with Gasteiger partial charge in [0.2, 0.25) is 0 Å². The number of benzene rings is 2. The van der Waals surface area contributed by atoms with Crippen LogP contribution < -0.4 is 10.5 Å². The molecule has 0 fully saturated rings. The second-order valence-electron chi connectivity index (χ2n) is 3.85. The fourth-order valence-electron chi connectivity index (χ4n) is 1.58. The summed E-state index contributed by atoms with van der Waals surface area (Å²) in [5.74, 6) is -0.104. The van der Waals surface area contributed by atoms with Crippen LogP contribution in [0.3, 0.4) is 0 Å². The minimum Gasteiger partial charge on any atom is -0.452 e. The van der Waals surface area contributed by atoms with Gasteiger partial charge < -0.3 is 10.5 Å². The van der Waals surface area contributed by atoms with Crippen LogP contribution in [-0.4, -0.2) is 0 Å². The summed E-state index contributed by atoms with van der Waals surface area (Å²) in [5.41, 5.74) is 7.28. The van der Waals surface area contributed by atoms with Gasteiger partial charge in [-0.1, -0.05) is 12.1 Å². The molecule has 0 saturated heterocycles. The zero-order valence-electron chi connectivity index (χ0n) is 9.77. The number of nitrogens with zero attached hydrogens (tertiary/aromatic N) is 1. The van der Waals surface area contributed by atoms with E-state index in [1.54, 1.807) is 12.1 Å². The SMILES string of the molecule is Cc1cccc(N)c1Oc1ccc(C#N)cc1F. The van der Waals surface area contributed by atoms with E-state index in [1.807, 2.05) is 19.1 Å². The molecule has 90 valence electrons. The predicted octanol–water partition coefficient (Wildman–Crippen LogP) is 3.38. The maximum atomic E-state index is 13.7. The molecule has 0 amide bonds. The van der Waals surface area contributed by atoms with E-state index < -0.39 is 5.82 Å². The number of nitriles is 1. The Morgan fingerprint density at radius 1 is 1.28 bits per heavy atom. The van der Waals surface area contributed by atoms with Crippen molar-refractivity contribution < 1.29 is 9.13 Å². The van der Waals surface area contributed by atoms with Gasteiger partial charge in [-0.05, 0) is 36.8 Å². The molecule has 2 rings (SSSR count). The molecule has 2 aromatic carbocycles. The number of halogens is 1. The second kappa shape index (κ2) is 4.76. The predicted molar refractivity (Wildman–Crippen MR) is 66.8 cm³/mol. The van der Waals surface area contributed by atoms with E-state index in [1.165, 1.54) is 12.1 Å². The minimum absolute atomic E-state index is 0.0509. The molecular formula is C14H11FN2O. The summed E-state index contributed by atoms with van der Waals surface area (Å²) in [6.07, 6.45) is 0. The Bertz CT molecular complexity index is 612. The first-order valence-electron chi connectivity index (χ1n) is 5.34. The van der Waals surface area contributed by atoms with E-state index in [4.69, 9.17) is 15.7 Å². The van der Waals surface area contributed by atoms with E-state index in [2.05, 4.69) is 0 Å². The molecule has 0 saturated carbocycles. The van der Waals surface area contributed by atoms with Crippen LogP contribution in [0.25, 0.3) is 0 Å². The topological polar surface area (TPSA) is 59.0 Å². The third-order valence-corrected chi connectivity index (χ3v) is 2.52. The fourth-order valence-corrected chi connectivity index (χ4v) is 1.58. The molecule has 0 aromatic heterocycles. The van der Waals surface area contributed by atoms with Crippen LogP contribution in [0.4, 0.5) is 10.1 Å². The van der Waals surface area contributed by atoms with Gasteiger partial charge in [0.25, 0.3) is 0 Å². The summed E-state index contributed by atoms with van der Waals surface area (Å²) in [5, 5.41) is 8.65. The van der Waals surface area contributed by atoms with Crippen LogP contribution in [-0.2, 0) is 0 Å². The highest BCUT2D eigenvalue weighted by atomic mass is 19.1. The standard InChI is InChI=1S/C14H11FN2O/c1-9-3-2-4-12(17)14(9)18-13-6-5-10(8-16)7-11(13)15/h2-7H,17H2,1H3. The first kappa shape index (κ1) is 11.9. The summed E-state index contributed by atoms with van der Waals surface area (Å²) in [6, 6.07) is 11.2. The first-order valence-corrected chi connectivity index (χ1v) is 5.34. The summed E-state index contributed by atoms with van der Waals surface area (Å²) in [4.78, 5) is 0. The molecule has 4 heteroatoms. The van der Waals surface area contributed by atoms with Gasteiger partial charge in [0.15, 0.2) is 17.3 Å². The quantitative estimate of drug-likeness (QED) is 0.821. The lowest BCUT2D eigenvalue weighted by Crippen LogP contribution is -1.96. The molecule has 18 heavy (non-hydrogen) atoms. The first-order chi connectivity index (χ1) is 8.61. The molecule has 2 aromatic rings. The van der Waals surface area contributed by atoms with E-state index in [0.29, 0.717) is 11.4 Å². The number of aryl methyl sites for hydroxylation is 1. The van der Waals surface area contributed by atoms with Gasteiger partial charge in [-0.25, -0.2) is 4.39 Å². The lowest BCUT2D eigenvalue weighted by molar-refractivity contribution is 0.441. The molecule has 0 aliphatic carbocycles. The highest BCUT2D eigenvalue weighted by Crippen LogP contribution is 2.32. The van der Waals surface area contributed by atoms with Crippen LogP contribution in [0.5, 0.6) is 11.5 Å². The number of hydrogen-bond donors (Lipinski definition) is 1. The Morgan fingerprint density at radius 2 is 2.06 bits per heavy atom. The van der Waals surface area contributed by atoms with Gasteiger partial charge >= 0.3 is 0 Å². The van der Waals surface area contributed by atoms with Crippen molar-refractivity contribution in [3.63, 3.8) is 0 Å². The number of hydrogen-bond acceptors (Lipinski definition) is 3. The van der Waals surface area contributed by atoms with Gasteiger partial charge in [0.05, 0.1) is 17.3 Å². The van der Waals surface area contributed by atoms with Gasteiger partial charge in [-0.3, -0.25) is 0 Å². The molecule has 0 bridgehead atoms. The Labute approximate surface area is 104 Å². The molecule has 0 heterocycles. The Kier molecular flexibility index (Phi) is 3.16. The van der Waals surface area contributed by atoms with Crippen molar-refractivity contribution in [3.05, 3.63) is 53.3 Å². The van der Waals surface area contributed by atoms with Gasteiger partial charge in [-0.2, -0.15) is 5.26 Å². The second-order valence-corrected chi connectivity index (χ2v) is 3.85. The van der Waals surface area contributed by atoms with Crippen molar-refractivity contribution in [2.75, 3.05) is 5.73 Å². The zero-order chi connectivity index (χ0) is 13.1. The largest absolute Gasteiger partial charge is 0.452 e. The van der Waals surface area contributed by atoms with E-state index in [9.17, 15) is 4.39 Å². The third kappa shape index (κ3) is 2.25. The lowest BCUT2D eigenvalue weighted by atomic mass is 10.2. The zero-order valence-corrected chi connectivity index (χ0v) is 9.77. The number of ether oxygens (including phenoxy) is 1. The molecule has 0 atom stereocenters. The smallest absolute Gasteiger partial charge is 0.167 e. The molecular weight excluding hydrogens is 231 g/mol. The third-order valence-electron chi connectivity index (χ3n) is 2.52. The molecule has 0 spiro atoms. The monoisotopic (exact) mass is 242 g/mol. The van der Waals surface area contributed by atoms with Gasteiger partial charge in [0.1, 0.15) is 0 Å². The summed E-state index contributed by atoms with van der Waals surface area (Å²) < 4.78 is 19.1. The van der Waals surface area contributed by atoms with Crippen LogP contribution >= 0.6 is 0 Å². The fraction of sp³-hybridized carbons (Fsp3) is 0.0714. The molecule has 0 radical (unpaired) electrons. The Hall–Kier alpha value is -2.54. The highest BCUT2D eigenvalue weighted by molar-refractivity contribution is 5.58. The van der Waals surface area contributed by atoms with Crippen LogP contribution in [0, 0.1) is 24.1 Å². The van der Waals surface area contributed by atoms with Crippen molar-refractivity contribution in [2.24, 2.45) is 0 Å². The Balaban J connectivity index is 2.38. The van der Waals surface area contributed by atoms with Crippen LogP contribution in [0.15, 0.2) is 36.4 Å². The maximum Gasteiger partial charge on any atom is 0.167 e. The number of rotatable bonds is 2. The van der Waals surface area contributed by atoms with Crippen LogP contribution in [0.2, 0.25) is 0 Å². The average Bonchev–Trinajstić information content (AvgIpc) is 2.35. The van der Waals surface area contributed by atoms with Crippen molar-refractivity contribution in [3.8, 4) is 17.6 Å². The lowest BCUT2D eigenvalue weighted by Gasteiger charge is -2.11. The van der Waals surface area contributed by atoms with Crippen LogP contribution in [0.1, 0.15) is 11.1 Å². The van der Waals surface area contributed by atoms with Gasteiger partial charge in [-0.15, -0.1) is 0 Å². The number of nitrogen functional groups attached to an aromatic ring is 1. The summed E-state index contributed by atoms with van der Waals surface area (Å²) in [7, 11) is 0. The van der Waals surface area contributed by atoms with Gasteiger partial charge in [0, 0.05) is 0 Å². The molecule has 0 aliphatic heterocycles. The maximum absolute atomic E-state index is 13.7. The van der Waals surface area contributed by atoms with Crippen molar-refractivity contribution in [2.45, 2.75) is 6.92 Å². The molecule has 0 aliphatic rings. The number of para-hydroxylation sites is 1. The molecule has 2 N–H and O–H groups in total. The minimum atomic E-state index is -0.586. The Morgan fingerprint density at radius 3 is 2.67 bits per heavy atom. The van der Waals surface area contributed by atoms with E-state index >= 15 is 0 Å². The normalized spacial score (nSPS) is 9.83. The summed E-state index contributed by atoms with van der Waals surface area (Å²) in [6.45, 7) is 1.83. The van der Waals surface area contributed by atoms with E-state index in [0.717, 1.165) is 11.6 Å².